The van der Waals surface area contributed by atoms with E-state index in [1.54, 1.807) is 0 Å². The van der Waals surface area contributed by atoms with Crippen molar-refractivity contribution in [2.45, 2.75) is 39.3 Å². The minimum absolute atomic E-state index is 0.0707. The van der Waals surface area contributed by atoms with Crippen LogP contribution in [0, 0.1) is 6.92 Å². The van der Waals surface area contributed by atoms with Gasteiger partial charge < -0.3 is 5.73 Å². The van der Waals surface area contributed by atoms with Crippen LogP contribution in [-0.4, -0.2) is 15.8 Å². The van der Waals surface area contributed by atoms with Crippen molar-refractivity contribution in [3.05, 3.63) is 29.1 Å². The van der Waals surface area contributed by atoms with Crippen LogP contribution in [0.15, 0.2) is 12.7 Å². The molecule has 2 N–H and O–H groups in total. The van der Waals surface area contributed by atoms with E-state index < -0.39 is 0 Å². The molecule has 15 heavy (non-hydrogen) atoms. The van der Waals surface area contributed by atoms with Crippen molar-refractivity contribution in [1.82, 2.24) is 9.78 Å². The van der Waals surface area contributed by atoms with Crippen molar-refractivity contribution >= 4 is 11.6 Å². The van der Waals surface area contributed by atoms with Gasteiger partial charge in [0.05, 0.1) is 16.4 Å². The first kappa shape index (κ1) is 12.3. The highest BCUT2D eigenvalue weighted by Gasteiger charge is 2.14. The van der Waals surface area contributed by atoms with Crippen molar-refractivity contribution in [1.29, 1.82) is 0 Å². The third-order valence-corrected chi connectivity index (χ3v) is 2.87. The third kappa shape index (κ3) is 2.83. The molecule has 0 aliphatic carbocycles. The zero-order valence-corrected chi connectivity index (χ0v) is 10.1. The van der Waals surface area contributed by atoms with E-state index in [0.29, 0.717) is 0 Å². The molecule has 0 bridgehead atoms. The number of hydrogen-bond acceptors (Lipinski definition) is 2. The van der Waals surface area contributed by atoms with Crippen molar-refractivity contribution < 1.29 is 0 Å². The first-order valence-electron chi connectivity index (χ1n) is 5.18. The Balaban J connectivity index is 2.87. The van der Waals surface area contributed by atoms with E-state index in [1.165, 1.54) is 0 Å². The lowest BCUT2D eigenvalue weighted by Crippen LogP contribution is -2.23. The molecule has 0 aliphatic rings. The van der Waals surface area contributed by atoms with Crippen LogP contribution in [0.3, 0.4) is 0 Å². The predicted octanol–water partition coefficient (Wildman–Crippen LogP) is 2.31. The fraction of sp³-hybridized carbons (Fsp3) is 0.545. The van der Waals surface area contributed by atoms with Crippen molar-refractivity contribution in [2.75, 3.05) is 0 Å². The van der Waals surface area contributed by atoms with E-state index in [4.69, 9.17) is 17.3 Å². The monoisotopic (exact) mass is 227 g/mol. The predicted molar refractivity (Wildman–Crippen MR) is 64.1 cm³/mol. The molecule has 0 saturated heterocycles. The second-order valence-electron chi connectivity index (χ2n) is 3.65. The normalized spacial score (nSPS) is 12.8. The molecule has 1 aromatic rings. The van der Waals surface area contributed by atoms with Gasteiger partial charge in [-0.15, -0.1) is 6.58 Å². The zero-order valence-electron chi connectivity index (χ0n) is 9.33. The number of aryl methyl sites for hydroxylation is 2. The molecule has 4 heteroatoms. The zero-order chi connectivity index (χ0) is 11.4. The molecule has 0 saturated carbocycles. The molecular formula is C11H18ClN3. The number of aromatic nitrogens is 2. The van der Waals surface area contributed by atoms with Gasteiger partial charge in [0.2, 0.25) is 0 Å². The number of nitrogens with zero attached hydrogens (tertiary/aromatic N) is 2. The second-order valence-corrected chi connectivity index (χ2v) is 4.03. The summed E-state index contributed by atoms with van der Waals surface area (Å²) in [7, 11) is 0. The SMILES string of the molecule is C=CCC(N)Cc1c(Cl)c(C)nn1CC. The summed E-state index contributed by atoms with van der Waals surface area (Å²) in [4.78, 5) is 0. The van der Waals surface area contributed by atoms with Crippen molar-refractivity contribution in [3.8, 4) is 0 Å². The van der Waals surface area contributed by atoms with Crippen molar-refractivity contribution in [2.24, 2.45) is 5.73 Å². The largest absolute Gasteiger partial charge is 0.327 e. The van der Waals surface area contributed by atoms with Gasteiger partial charge in [-0.1, -0.05) is 17.7 Å². The highest BCUT2D eigenvalue weighted by Crippen LogP contribution is 2.21. The van der Waals surface area contributed by atoms with Crippen LogP contribution < -0.4 is 5.73 Å². The molecule has 3 nitrogen and oxygen atoms in total. The van der Waals surface area contributed by atoms with E-state index in [1.807, 2.05) is 24.6 Å². The standard InChI is InChI=1S/C11H18ClN3/c1-4-6-9(13)7-10-11(12)8(3)14-15(10)5-2/h4,9H,1,5-7,13H2,2-3H3. The molecule has 1 aromatic heterocycles. The number of nitrogens with two attached hydrogens (primary N) is 1. The molecule has 0 fully saturated rings. The summed E-state index contributed by atoms with van der Waals surface area (Å²) < 4.78 is 1.92. The van der Waals surface area contributed by atoms with E-state index >= 15 is 0 Å². The summed E-state index contributed by atoms with van der Waals surface area (Å²) in [6.07, 6.45) is 3.38. The van der Waals surface area contributed by atoms with Gasteiger partial charge in [0.15, 0.2) is 0 Å². The maximum absolute atomic E-state index is 6.17. The van der Waals surface area contributed by atoms with E-state index in [2.05, 4.69) is 11.7 Å². The Labute approximate surface area is 95.9 Å². The van der Waals surface area contributed by atoms with Crippen LogP contribution >= 0.6 is 11.6 Å². The summed E-state index contributed by atoms with van der Waals surface area (Å²) >= 11 is 6.17. The Morgan fingerprint density at radius 1 is 1.67 bits per heavy atom. The van der Waals surface area contributed by atoms with Gasteiger partial charge in [-0.3, -0.25) is 4.68 Å². The molecule has 1 unspecified atom stereocenters. The van der Waals surface area contributed by atoms with Gasteiger partial charge >= 0.3 is 0 Å². The fourth-order valence-electron chi connectivity index (χ4n) is 1.61. The number of halogens is 1. The molecule has 0 spiro atoms. The Morgan fingerprint density at radius 3 is 2.87 bits per heavy atom. The van der Waals surface area contributed by atoms with Gasteiger partial charge in [-0.25, -0.2) is 0 Å². The van der Waals surface area contributed by atoms with Gasteiger partial charge in [-0.05, 0) is 20.3 Å². The van der Waals surface area contributed by atoms with Crippen LogP contribution in [0.5, 0.6) is 0 Å². The lowest BCUT2D eigenvalue weighted by atomic mass is 10.1. The molecule has 1 atom stereocenters. The molecule has 84 valence electrons. The fourth-order valence-corrected chi connectivity index (χ4v) is 1.82. The van der Waals surface area contributed by atoms with Crippen LogP contribution in [0.4, 0.5) is 0 Å². The Kier molecular flexibility index (Phi) is 4.36. The average molecular weight is 228 g/mol. The van der Waals surface area contributed by atoms with Crippen LogP contribution in [-0.2, 0) is 13.0 Å². The van der Waals surface area contributed by atoms with E-state index in [9.17, 15) is 0 Å². The van der Waals surface area contributed by atoms with Gasteiger partial charge in [-0.2, -0.15) is 5.10 Å². The summed E-state index contributed by atoms with van der Waals surface area (Å²) in [6.45, 7) is 8.46. The van der Waals surface area contributed by atoms with Crippen LogP contribution in [0.2, 0.25) is 5.02 Å². The summed E-state index contributed by atoms with van der Waals surface area (Å²) in [5, 5.41) is 5.09. The lowest BCUT2D eigenvalue weighted by molar-refractivity contribution is 0.578. The van der Waals surface area contributed by atoms with Gasteiger partial charge in [0, 0.05) is 19.0 Å². The molecule has 0 aliphatic heterocycles. The van der Waals surface area contributed by atoms with Gasteiger partial charge in [0.25, 0.3) is 0 Å². The minimum atomic E-state index is 0.0707. The number of hydrogen-bond donors (Lipinski definition) is 1. The van der Waals surface area contributed by atoms with Crippen molar-refractivity contribution in [3.63, 3.8) is 0 Å². The maximum Gasteiger partial charge on any atom is 0.0847 e. The molecular weight excluding hydrogens is 210 g/mol. The quantitative estimate of drug-likeness (QED) is 0.785. The Bertz CT molecular complexity index is 344. The second kappa shape index (κ2) is 5.33. The molecule has 0 aromatic carbocycles. The molecule has 0 amide bonds. The first-order valence-corrected chi connectivity index (χ1v) is 5.56. The van der Waals surface area contributed by atoms with Crippen LogP contribution in [0.1, 0.15) is 24.7 Å². The highest BCUT2D eigenvalue weighted by molar-refractivity contribution is 6.31. The molecule has 1 rings (SSSR count). The first-order chi connectivity index (χ1) is 7.10. The third-order valence-electron chi connectivity index (χ3n) is 2.38. The Hall–Kier alpha value is -0.800. The molecule has 1 heterocycles. The smallest absolute Gasteiger partial charge is 0.0847 e. The van der Waals surface area contributed by atoms with E-state index in [0.717, 1.165) is 35.8 Å². The highest BCUT2D eigenvalue weighted by atomic mass is 35.5. The Morgan fingerprint density at radius 2 is 2.33 bits per heavy atom. The number of rotatable bonds is 5. The topological polar surface area (TPSA) is 43.8 Å². The average Bonchev–Trinajstić information content (AvgIpc) is 2.46. The summed E-state index contributed by atoms with van der Waals surface area (Å²) in [5.41, 5.74) is 7.85. The van der Waals surface area contributed by atoms with Gasteiger partial charge in [0.1, 0.15) is 0 Å². The molecule has 0 radical (unpaired) electrons. The van der Waals surface area contributed by atoms with E-state index in [-0.39, 0.29) is 6.04 Å². The lowest BCUT2D eigenvalue weighted by Gasteiger charge is -2.10. The van der Waals surface area contributed by atoms with Crippen LogP contribution in [0.25, 0.3) is 0 Å². The summed E-state index contributed by atoms with van der Waals surface area (Å²) in [6, 6.07) is 0.0707. The minimum Gasteiger partial charge on any atom is -0.327 e. The maximum atomic E-state index is 6.17. The summed E-state index contributed by atoms with van der Waals surface area (Å²) in [5.74, 6) is 0.